The monoisotopic (exact) mass is 593 g/mol. The van der Waals surface area contributed by atoms with Gasteiger partial charge in [0.2, 0.25) is 10.4 Å². The van der Waals surface area contributed by atoms with Gasteiger partial charge >= 0.3 is 0 Å². The molecule has 0 amide bonds. The number of ether oxygens (including phenoxy) is 1. The van der Waals surface area contributed by atoms with E-state index in [0.29, 0.717) is 24.5 Å². The Morgan fingerprint density at radius 3 is 2.12 bits per heavy atom. The Hall–Kier alpha value is -3.46. The first-order valence-corrected chi connectivity index (χ1v) is 13.7. The van der Waals surface area contributed by atoms with Gasteiger partial charge in [0.1, 0.15) is 23.7 Å². The standard InChI is InChI=1S/C25H29ClN5O3.CH4O4S/c1-18(27-15-16-34-23-12-10-22(11-13-23)31(2,3)4)19-5-7-20(8-6-19)28-29-25-14-9-21(30(32)33)17-24(25)26;1-5-6(2,3)4/h5-14,17-18,27H,15-16H2,1-4H3;1H3,(H,2,3,4)/q+1;/p-1. The summed E-state index contributed by atoms with van der Waals surface area (Å²) in [5.41, 5.74) is 3.28. The molecular formula is C26H32ClN5O7S. The molecule has 0 aliphatic carbocycles. The van der Waals surface area contributed by atoms with Crippen molar-refractivity contribution >= 4 is 44.7 Å². The van der Waals surface area contributed by atoms with Gasteiger partial charge in [0, 0.05) is 36.9 Å². The molecule has 0 fully saturated rings. The van der Waals surface area contributed by atoms with E-state index in [2.05, 4.69) is 59.9 Å². The van der Waals surface area contributed by atoms with Crippen molar-refractivity contribution in [1.29, 1.82) is 0 Å². The second-order valence-electron chi connectivity index (χ2n) is 9.29. The van der Waals surface area contributed by atoms with E-state index in [1.165, 1.54) is 23.9 Å². The minimum Gasteiger partial charge on any atom is -0.726 e. The highest BCUT2D eigenvalue weighted by molar-refractivity contribution is 7.80. The first-order valence-electron chi connectivity index (χ1n) is 11.9. The van der Waals surface area contributed by atoms with E-state index in [1.807, 2.05) is 36.4 Å². The number of benzene rings is 3. The molecule has 0 radical (unpaired) electrons. The molecule has 0 saturated carbocycles. The lowest BCUT2D eigenvalue weighted by Crippen LogP contribution is -2.34. The highest BCUT2D eigenvalue weighted by Crippen LogP contribution is 2.30. The smallest absolute Gasteiger partial charge is 0.271 e. The lowest BCUT2D eigenvalue weighted by Gasteiger charge is -2.23. The first-order chi connectivity index (χ1) is 18.7. The van der Waals surface area contributed by atoms with Gasteiger partial charge in [-0.2, -0.15) is 5.11 Å². The number of nitrogens with one attached hydrogen (secondary N) is 1. The van der Waals surface area contributed by atoms with Crippen LogP contribution in [-0.2, 0) is 14.6 Å². The van der Waals surface area contributed by atoms with E-state index in [9.17, 15) is 23.1 Å². The molecule has 216 valence electrons. The van der Waals surface area contributed by atoms with E-state index in [0.717, 1.165) is 22.9 Å². The molecule has 0 aliphatic rings. The van der Waals surface area contributed by atoms with Crippen molar-refractivity contribution < 1.29 is 26.8 Å². The second-order valence-corrected chi connectivity index (χ2v) is 10.8. The van der Waals surface area contributed by atoms with Gasteiger partial charge in [-0.1, -0.05) is 23.7 Å². The molecule has 3 aromatic carbocycles. The minimum atomic E-state index is -4.41. The second kappa shape index (κ2) is 14.8. The fourth-order valence-electron chi connectivity index (χ4n) is 3.18. The molecule has 1 unspecified atom stereocenters. The molecule has 14 heteroatoms. The third-order valence-electron chi connectivity index (χ3n) is 5.45. The van der Waals surface area contributed by atoms with Gasteiger partial charge in [-0.25, -0.2) is 8.42 Å². The Kier molecular flexibility index (Phi) is 12.1. The van der Waals surface area contributed by atoms with Crippen LogP contribution < -0.4 is 14.5 Å². The first kappa shape index (κ1) is 32.8. The van der Waals surface area contributed by atoms with Crippen LogP contribution in [0.5, 0.6) is 5.75 Å². The Bertz CT molecular complexity index is 1390. The number of nitrogens with zero attached hydrogens (tertiary/aromatic N) is 4. The Balaban J connectivity index is 0.000000840. The van der Waals surface area contributed by atoms with E-state index in [4.69, 9.17) is 16.3 Å². The predicted molar refractivity (Wildman–Crippen MR) is 153 cm³/mol. The fraction of sp³-hybridized carbons (Fsp3) is 0.308. The minimum absolute atomic E-state index is 0.0852. The van der Waals surface area contributed by atoms with Gasteiger partial charge in [-0.15, -0.1) is 5.11 Å². The third-order valence-corrected chi connectivity index (χ3v) is 6.16. The molecule has 1 atom stereocenters. The molecule has 0 spiro atoms. The third kappa shape index (κ3) is 11.3. The number of rotatable bonds is 11. The van der Waals surface area contributed by atoms with Crippen molar-refractivity contribution in [2.75, 3.05) is 41.4 Å². The average Bonchev–Trinajstić information content (AvgIpc) is 2.90. The maximum atomic E-state index is 10.8. The van der Waals surface area contributed by atoms with Crippen LogP contribution in [0.3, 0.4) is 0 Å². The van der Waals surface area contributed by atoms with Crippen molar-refractivity contribution in [2.45, 2.75) is 13.0 Å². The summed E-state index contributed by atoms with van der Waals surface area (Å²) in [5, 5.41) is 22.7. The SMILES string of the molecule is CC(NCCOc1ccc([N+](C)(C)C)cc1)c1ccc(N=Nc2ccc([N+](=O)[O-])cc2Cl)cc1.COS(=O)(=O)[O-]. The molecule has 3 rings (SSSR count). The highest BCUT2D eigenvalue weighted by Gasteiger charge is 2.12. The molecule has 1 N–H and O–H groups in total. The fourth-order valence-corrected chi connectivity index (χ4v) is 3.40. The van der Waals surface area contributed by atoms with Crippen LogP contribution in [0.1, 0.15) is 18.5 Å². The van der Waals surface area contributed by atoms with Crippen LogP contribution in [0.4, 0.5) is 22.7 Å². The number of quaternary nitrogens is 1. The number of hydrogen-bond acceptors (Lipinski definition) is 10. The summed E-state index contributed by atoms with van der Waals surface area (Å²) in [6, 6.07) is 20.1. The quantitative estimate of drug-likeness (QED) is 0.0566. The molecule has 0 aromatic heterocycles. The largest absolute Gasteiger partial charge is 0.726 e. The predicted octanol–water partition coefficient (Wildman–Crippen LogP) is 5.68. The van der Waals surface area contributed by atoms with E-state index in [1.54, 1.807) is 0 Å². The van der Waals surface area contributed by atoms with Crippen LogP contribution in [0.25, 0.3) is 0 Å². The van der Waals surface area contributed by atoms with Crippen LogP contribution in [0.15, 0.2) is 77.0 Å². The maximum Gasteiger partial charge on any atom is 0.271 e. The number of nitro groups is 1. The summed E-state index contributed by atoms with van der Waals surface area (Å²) in [6.45, 7) is 3.36. The van der Waals surface area contributed by atoms with Crippen LogP contribution in [0, 0.1) is 10.1 Å². The maximum absolute atomic E-state index is 10.8. The van der Waals surface area contributed by atoms with Crippen LogP contribution >= 0.6 is 11.6 Å². The van der Waals surface area contributed by atoms with Crippen LogP contribution in [0.2, 0.25) is 5.02 Å². The number of non-ortho nitro benzene ring substituents is 1. The summed E-state index contributed by atoms with van der Waals surface area (Å²) < 4.78 is 37.6. The van der Waals surface area contributed by atoms with Crippen molar-refractivity contribution in [3.05, 3.63) is 87.4 Å². The zero-order valence-corrected chi connectivity index (χ0v) is 24.3. The van der Waals surface area contributed by atoms with Gasteiger partial charge in [0.05, 0.1) is 43.9 Å². The highest BCUT2D eigenvalue weighted by atomic mass is 35.5. The topological polar surface area (TPSA) is 156 Å². The van der Waals surface area contributed by atoms with Crippen LogP contribution in [-0.4, -0.2) is 59.3 Å². The van der Waals surface area contributed by atoms with E-state index in [-0.39, 0.29) is 16.8 Å². The molecule has 12 nitrogen and oxygen atoms in total. The van der Waals surface area contributed by atoms with Crippen molar-refractivity contribution in [3.8, 4) is 5.75 Å². The molecular weight excluding hydrogens is 562 g/mol. The molecule has 0 heterocycles. The molecule has 40 heavy (non-hydrogen) atoms. The van der Waals surface area contributed by atoms with Crippen molar-refractivity contribution in [2.24, 2.45) is 10.2 Å². The summed E-state index contributed by atoms with van der Waals surface area (Å²) in [4.78, 5) is 10.3. The Labute approximate surface area is 238 Å². The summed E-state index contributed by atoms with van der Waals surface area (Å²) in [7, 11) is 2.79. The van der Waals surface area contributed by atoms with Gasteiger partial charge in [-0.05, 0) is 42.8 Å². The Morgan fingerprint density at radius 2 is 1.62 bits per heavy atom. The van der Waals surface area contributed by atoms with Gasteiger partial charge in [0.25, 0.3) is 5.69 Å². The average molecular weight is 594 g/mol. The number of nitro benzene ring substituents is 1. The lowest BCUT2D eigenvalue weighted by atomic mass is 10.1. The zero-order chi connectivity index (χ0) is 29.9. The summed E-state index contributed by atoms with van der Waals surface area (Å²) >= 11 is 6.05. The Morgan fingerprint density at radius 1 is 1.02 bits per heavy atom. The van der Waals surface area contributed by atoms with Gasteiger partial charge < -0.3 is 14.6 Å². The van der Waals surface area contributed by atoms with Crippen molar-refractivity contribution in [1.82, 2.24) is 9.80 Å². The van der Waals surface area contributed by atoms with Crippen molar-refractivity contribution in [3.63, 3.8) is 0 Å². The molecule has 0 aliphatic heterocycles. The van der Waals surface area contributed by atoms with Gasteiger partial charge in [0.15, 0.2) is 0 Å². The summed E-state index contributed by atoms with van der Waals surface area (Å²) in [6.07, 6.45) is 0. The van der Waals surface area contributed by atoms with E-state index >= 15 is 0 Å². The molecule has 0 bridgehead atoms. The van der Waals surface area contributed by atoms with Gasteiger partial charge in [-0.3, -0.25) is 18.8 Å². The van der Waals surface area contributed by atoms with E-state index < -0.39 is 15.3 Å². The number of hydrogen-bond donors (Lipinski definition) is 1. The summed E-state index contributed by atoms with van der Waals surface area (Å²) in [5.74, 6) is 0.856. The lowest BCUT2D eigenvalue weighted by molar-refractivity contribution is -0.384. The molecule has 3 aromatic rings. The number of azo groups is 1. The molecule has 0 saturated heterocycles. The zero-order valence-electron chi connectivity index (χ0n) is 22.8. The number of halogens is 1. The normalized spacial score (nSPS) is 12.5.